The molecule has 3 aromatic rings. The van der Waals surface area contributed by atoms with E-state index in [-0.39, 0.29) is 0 Å². The first-order valence-electron chi connectivity index (χ1n) is 8.79. The van der Waals surface area contributed by atoms with E-state index in [2.05, 4.69) is 36.2 Å². The molecule has 1 fully saturated rings. The molecule has 26 heavy (non-hydrogen) atoms. The zero-order valence-electron chi connectivity index (χ0n) is 14.7. The summed E-state index contributed by atoms with van der Waals surface area (Å²) in [5.41, 5.74) is 2.27. The molecule has 7 nitrogen and oxygen atoms in total. The van der Waals surface area contributed by atoms with E-state index >= 15 is 0 Å². The van der Waals surface area contributed by atoms with Gasteiger partial charge in [0, 0.05) is 37.4 Å². The Bertz CT molecular complexity index is 854. The summed E-state index contributed by atoms with van der Waals surface area (Å²) in [4.78, 5) is 24.2. The molecule has 132 valence electrons. The number of pyridine rings is 1. The summed E-state index contributed by atoms with van der Waals surface area (Å²) in [6.07, 6.45) is 11.0. The number of hydrogen-bond donors (Lipinski definition) is 1. The third-order valence-electron chi connectivity index (χ3n) is 4.49. The van der Waals surface area contributed by atoms with Crippen molar-refractivity contribution in [3.05, 3.63) is 66.3 Å². The Morgan fingerprint density at radius 3 is 2.85 bits per heavy atom. The zero-order chi connectivity index (χ0) is 17.8. The second kappa shape index (κ2) is 7.53. The van der Waals surface area contributed by atoms with Crippen molar-refractivity contribution >= 4 is 11.6 Å². The van der Waals surface area contributed by atoms with Crippen molar-refractivity contribution in [2.75, 3.05) is 11.9 Å². The number of hydrogen-bond acceptors (Lipinski definition) is 7. The van der Waals surface area contributed by atoms with Gasteiger partial charge in [0.1, 0.15) is 17.5 Å². The van der Waals surface area contributed by atoms with Gasteiger partial charge in [-0.3, -0.25) is 14.9 Å². The number of aryl methyl sites for hydroxylation is 1. The lowest BCUT2D eigenvalue weighted by molar-refractivity contribution is 0.244. The maximum absolute atomic E-state index is 4.70. The fourth-order valence-electron chi connectivity index (χ4n) is 3.40. The first-order valence-corrected chi connectivity index (χ1v) is 8.79. The predicted octanol–water partition coefficient (Wildman–Crippen LogP) is 3.05. The van der Waals surface area contributed by atoms with Gasteiger partial charge in [0.15, 0.2) is 0 Å². The van der Waals surface area contributed by atoms with Gasteiger partial charge in [0.25, 0.3) is 0 Å². The number of likely N-dealkylation sites (tertiary alicyclic amines) is 1. The summed E-state index contributed by atoms with van der Waals surface area (Å²) in [5.74, 6) is 2.18. The minimum Gasteiger partial charge on any atom is -0.324 e. The lowest BCUT2D eigenvalue weighted by Crippen LogP contribution is -2.24. The third-order valence-corrected chi connectivity index (χ3v) is 4.49. The zero-order valence-corrected chi connectivity index (χ0v) is 14.7. The van der Waals surface area contributed by atoms with E-state index in [4.69, 9.17) is 4.98 Å². The molecular formula is C19H21N7. The third kappa shape index (κ3) is 3.83. The van der Waals surface area contributed by atoms with Crippen molar-refractivity contribution in [2.45, 2.75) is 32.4 Å². The Morgan fingerprint density at radius 2 is 2.04 bits per heavy atom. The Labute approximate surface area is 152 Å². The van der Waals surface area contributed by atoms with E-state index in [1.54, 1.807) is 18.6 Å². The van der Waals surface area contributed by atoms with Crippen molar-refractivity contribution in [1.82, 2.24) is 29.8 Å². The molecule has 0 aromatic carbocycles. The summed E-state index contributed by atoms with van der Waals surface area (Å²) in [6.45, 7) is 3.87. The number of rotatable bonds is 5. The summed E-state index contributed by atoms with van der Waals surface area (Å²) >= 11 is 0. The highest BCUT2D eigenvalue weighted by molar-refractivity contribution is 5.50. The van der Waals surface area contributed by atoms with E-state index in [9.17, 15) is 0 Å². The fourth-order valence-corrected chi connectivity index (χ4v) is 3.40. The van der Waals surface area contributed by atoms with E-state index in [1.807, 2.05) is 31.5 Å². The molecule has 0 unspecified atom stereocenters. The van der Waals surface area contributed by atoms with Crippen LogP contribution in [0.4, 0.5) is 11.6 Å². The first-order chi connectivity index (χ1) is 12.8. The highest BCUT2D eigenvalue weighted by Gasteiger charge is 2.27. The van der Waals surface area contributed by atoms with Crippen LogP contribution in [-0.4, -0.2) is 36.4 Å². The maximum atomic E-state index is 4.70. The Kier molecular flexibility index (Phi) is 4.79. The minimum absolute atomic E-state index is 0.291. The monoisotopic (exact) mass is 347 g/mol. The summed E-state index contributed by atoms with van der Waals surface area (Å²) < 4.78 is 0. The first kappa shape index (κ1) is 16.5. The van der Waals surface area contributed by atoms with Crippen molar-refractivity contribution in [3.63, 3.8) is 0 Å². The molecule has 3 aromatic heterocycles. The second-order valence-electron chi connectivity index (χ2n) is 6.43. The molecular weight excluding hydrogens is 326 g/mol. The standard InChI is InChI=1S/C19H21N7/c1-14-23-16(10-18(24-14)25-19-12-21-7-8-22-19)17-5-3-9-26(17)13-15-4-2-6-20-11-15/h2,4,6-8,10-12,17H,3,5,9,13H2,1H3,(H,22,23,24,25)/t17-/m1/s1. The number of anilines is 2. The molecule has 0 spiro atoms. The lowest BCUT2D eigenvalue weighted by Gasteiger charge is -2.24. The van der Waals surface area contributed by atoms with E-state index in [0.717, 1.165) is 36.8 Å². The van der Waals surface area contributed by atoms with E-state index < -0.39 is 0 Å². The van der Waals surface area contributed by atoms with Crippen LogP contribution in [0, 0.1) is 6.92 Å². The topological polar surface area (TPSA) is 79.7 Å². The molecule has 1 N–H and O–H groups in total. The van der Waals surface area contributed by atoms with Crippen LogP contribution in [0.15, 0.2) is 49.2 Å². The van der Waals surface area contributed by atoms with Crippen LogP contribution in [0.3, 0.4) is 0 Å². The van der Waals surface area contributed by atoms with Crippen molar-refractivity contribution in [1.29, 1.82) is 0 Å². The van der Waals surface area contributed by atoms with E-state index in [0.29, 0.717) is 11.9 Å². The SMILES string of the molecule is Cc1nc(Nc2cnccn2)cc([C@H]2CCCN2Cc2cccnc2)n1. The van der Waals surface area contributed by atoms with Gasteiger partial charge in [-0.1, -0.05) is 6.07 Å². The quantitative estimate of drug-likeness (QED) is 0.760. The predicted molar refractivity (Wildman–Crippen MR) is 98.7 cm³/mol. The molecule has 0 bridgehead atoms. The van der Waals surface area contributed by atoms with Crippen LogP contribution in [0.5, 0.6) is 0 Å². The highest BCUT2D eigenvalue weighted by atomic mass is 15.2. The van der Waals surface area contributed by atoms with Crippen LogP contribution in [0.2, 0.25) is 0 Å². The van der Waals surface area contributed by atoms with Gasteiger partial charge in [-0.2, -0.15) is 0 Å². The molecule has 1 aliphatic rings. The molecule has 0 saturated carbocycles. The summed E-state index contributed by atoms with van der Waals surface area (Å²) in [6, 6.07) is 6.42. The van der Waals surface area contributed by atoms with Crippen molar-refractivity contribution in [3.8, 4) is 0 Å². The second-order valence-corrected chi connectivity index (χ2v) is 6.43. The van der Waals surface area contributed by atoms with Crippen LogP contribution in [-0.2, 0) is 6.54 Å². The van der Waals surface area contributed by atoms with Crippen LogP contribution in [0.1, 0.15) is 36.0 Å². The molecule has 1 atom stereocenters. The van der Waals surface area contributed by atoms with Gasteiger partial charge in [-0.05, 0) is 37.9 Å². The summed E-state index contributed by atoms with van der Waals surface area (Å²) in [7, 11) is 0. The normalized spacial score (nSPS) is 17.3. The average molecular weight is 347 g/mol. The highest BCUT2D eigenvalue weighted by Crippen LogP contribution is 2.33. The maximum Gasteiger partial charge on any atom is 0.150 e. The van der Waals surface area contributed by atoms with Crippen LogP contribution >= 0.6 is 0 Å². The van der Waals surface area contributed by atoms with Gasteiger partial charge in [-0.25, -0.2) is 15.0 Å². The van der Waals surface area contributed by atoms with Crippen molar-refractivity contribution < 1.29 is 0 Å². The molecule has 1 aliphatic heterocycles. The fraction of sp³-hybridized carbons (Fsp3) is 0.316. The molecule has 7 heteroatoms. The summed E-state index contributed by atoms with van der Waals surface area (Å²) in [5, 5.41) is 3.22. The Hall–Kier alpha value is -2.93. The smallest absolute Gasteiger partial charge is 0.150 e. The molecule has 4 heterocycles. The molecule has 4 rings (SSSR count). The van der Waals surface area contributed by atoms with Crippen molar-refractivity contribution in [2.24, 2.45) is 0 Å². The van der Waals surface area contributed by atoms with Gasteiger partial charge < -0.3 is 5.32 Å². The molecule has 1 saturated heterocycles. The van der Waals surface area contributed by atoms with Gasteiger partial charge in [0.2, 0.25) is 0 Å². The number of aromatic nitrogens is 5. The van der Waals surface area contributed by atoms with E-state index in [1.165, 1.54) is 12.0 Å². The van der Waals surface area contributed by atoms with Crippen LogP contribution < -0.4 is 5.32 Å². The average Bonchev–Trinajstić information content (AvgIpc) is 3.11. The Balaban J connectivity index is 1.56. The number of nitrogens with one attached hydrogen (secondary N) is 1. The van der Waals surface area contributed by atoms with Crippen LogP contribution in [0.25, 0.3) is 0 Å². The lowest BCUT2D eigenvalue weighted by atomic mass is 10.1. The van der Waals surface area contributed by atoms with Gasteiger partial charge >= 0.3 is 0 Å². The minimum atomic E-state index is 0.291. The van der Waals surface area contributed by atoms with Gasteiger partial charge in [0.05, 0.1) is 17.9 Å². The van der Waals surface area contributed by atoms with Gasteiger partial charge in [-0.15, -0.1) is 0 Å². The largest absolute Gasteiger partial charge is 0.324 e. The molecule has 0 aliphatic carbocycles. The number of nitrogens with zero attached hydrogens (tertiary/aromatic N) is 6. The Morgan fingerprint density at radius 1 is 1.12 bits per heavy atom. The molecule has 0 radical (unpaired) electrons. The molecule has 0 amide bonds.